The summed E-state index contributed by atoms with van der Waals surface area (Å²) < 4.78 is 10.9. The second kappa shape index (κ2) is 7.01. The van der Waals surface area contributed by atoms with Crippen molar-refractivity contribution in [2.45, 2.75) is 31.8 Å². The van der Waals surface area contributed by atoms with E-state index in [1.807, 2.05) is 6.07 Å². The molecule has 19 heavy (non-hydrogen) atoms. The highest BCUT2D eigenvalue weighted by molar-refractivity contribution is 5.60. The Labute approximate surface area is 114 Å². The van der Waals surface area contributed by atoms with Crippen molar-refractivity contribution in [3.8, 4) is 11.8 Å². The zero-order valence-electron chi connectivity index (χ0n) is 11.3. The second-order valence-corrected chi connectivity index (χ2v) is 4.73. The number of rotatable bonds is 6. The number of nitrogens with zero attached hydrogens (tertiary/aromatic N) is 1. The van der Waals surface area contributed by atoms with E-state index in [0.29, 0.717) is 24.8 Å². The van der Waals surface area contributed by atoms with Gasteiger partial charge in [-0.1, -0.05) is 12.8 Å². The van der Waals surface area contributed by atoms with Crippen LogP contribution in [0.4, 0.5) is 5.69 Å². The molecule has 4 nitrogen and oxygen atoms in total. The first-order valence-electron chi connectivity index (χ1n) is 6.77. The van der Waals surface area contributed by atoms with Crippen LogP contribution in [0.3, 0.4) is 0 Å². The molecule has 0 aliphatic heterocycles. The lowest BCUT2D eigenvalue weighted by Crippen LogP contribution is -2.15. The lowest BCUT2D eigenvalue weighted by molar-refractivity contribution is 0.0659. The first kappa shape index (κ1) is 13.7. The van der Waals surface area contributed by atoms with Gasteiger partial charge in [0.25, 0.3) is 0 Å². The summed E-state index contributed by atoms with van der Waals surface area (Å²) in [5.41, 5.74) is 1.43. The van der Waals surface area contributed by atoms with Crippen LogP contribution in [0.1, 0.15) is 31.2 Å². The van der Waals surface area contributed by atoms with Crippen molar-refractivity contribution in [3.05, 3.63) is 23.8 Å². The summed E-state index contributed by atoms with van der Waals surface area (Å²) in [5, 5.41) is 12.3. The molecule has 1 aliphatic carbocycles. The molecule has 1 fully saturated rings. The molecule has 0 heterocycles. The van der Waals surface area contributed by atoms with Gasteiger partial charge in [0.15, 0.2) is 0 Å². The maximum atomic E-state index is 9.05. The van der Waals surface area contributed by atoms with Crippen LogP contribution < -0.4 is 10.1 Å². The highest BCUT2D eigenvalue weighted by Gasteiger charge is 2.14. The minimum Gasteiger partial charge on any atom is -0.497 e. The quantitative estimate of drug-likeness (QED) is 0.799. The van der Waals surface area contributed by atoms with E-state index in [1.165, 1.54) is 25.7 Å². The molecule has 4 heteroatoms. The molecule has 2 rings (SSSR count). The molecular formula is C15H20N2O2. The molecule has 1 aromatic rings. The van der Waals surface area contributed by atoms with E-state index < -0.39 is 0 Å². The predicted molar refractivity (Wildman–Crippen MR) is 74.4 cm³/mol. The third kappa shape index (κ3) is 3.87. The standard InChI is InChI=1S/C15H20N2O2/c1-18-14-7-6-12(11-16)15(10-14)17-8-9-19-13-4-2-3-5-13/h6-7,10,13,17H,2-5,8-9H2,1H3. The SMILES string of the molecule is COc1ccc(C#N)c(NCCOC2CCCC2)c1. The van der Waals surface area contributed by atoms with Gasteiger partial charge >= 0.3 is 0 Å². The number of nitrogens with one attached hydrogen (secondary N) is 1. The fourth-order valence-corrected chi connectivity index (χ4v) is 2.36. The molecule has 0 aromatic heterocycles. The summed E-state index contributed by atoms with van der Waals surface area (Å²) in [4.78, 5) is 0. The number of ether oxygens (including phenoxy) is 2. The molecule has 0 amide bonds. The first-order valence-corrected chi connectivity index (χ1v) is 6.77. The summed E-state index contributed by atoms with van der Waals surface area (Å²) in [7, 11) is 1.62. The summed E-state index contributed by atoms with van der Waals surface area (Å²) in [6.07, 6.45) is 5.37. The van der Waals surface area contributed by atoms with Crippen LogP contribution in [-0.4, -0.2) is 26.4 Å². The maximum Gasteiger partial charge on any atom is 0.121 e. The minimum absolute atomic E-state index is 0.433. The number of hydrogen-bond donors (Lipinski definition) is 1. The number of benzene rings is 1. The highest BCUT2D eigenvalue weighted by Crippen LogP contribution is 2.22. The molecule has 0 radical (unpaired) electrons. The average Bonchev–Trinajstić information content (AvgIpc) is 2.96. The Morgan fingerprint density at radius 3 is 2.84 bits per heavy atom. The van der Waals surface area contributed by atoms with E-state index >= 15 is 0 Å². The Kier molecular flexibility index (Phi) is 5.05. The van der Waals surface area contributed by atoms with Crippen molar-refractivity contribution in [2.24, 2.45) is 0 Å². The molecule has 1 saturated carbocycles. The molecule has 0 unspecified atom stereocenters. The maximum absolute atomic E-state index is 9.05. The zero-order chi connectivity index (χ0) is 13.5. The lowest BCUT2D eigenvalue weighted by Gasteiger charge is -2.13. The highest BCUT2D eigenvalue weighted by atomic mass is 16.5. The van der Waals surface area contributed by atoms with E-state index in [-0.39, 0.29) is 0 Å². The van der Waals surface area contributed by atoms with Gasteiger partial charge in [-0.15, -0.1) is 0 Å². The topological polar surface area (TPSA) is 54.3 Å². The van der Waals surface area contributed by atoms with Crippen molar-refractivity contribution >= 4 is 5.69 Å². The van der Waals surface area contributed by atoms with Crippen LogP contribution in [0, 0.1) is 11.3 Å². The van der Waals surface area contributed by atoms with Gasteiger partial charge in [0.05, 0.1) is 31.1 Å². The van der Waals surface area contributed by atoms with Crippen LogP contribution >= 0.6 is 0 Å². The molecule has 0 bridgehead atoms. The third-order valence-corrected chi connectivity index (χ3v) is 3.42. The Hall–Kier alpha value is -1.73. The fraction of sp³-hybridized carbons (Fsp3) is 0.533. The summed E-state index contributed by atoms with van der Waals surface area (Å²) in [5.74, 6) is 0.748. The Bertz CT molecular complexity index is 448. The molecule has 0 spiro atoms. The summed E-state index contributed by atoms with van der Waals surface area (Å²) in [6.45, 7) is 1.38. The molecule has 1 aromatic carbocycles. The number of anilines is 1. The first-order chi connectivity index (χ1) is 9.33. The Balaban J connectivity index is 1.82. The fourth-order valence-electron chi connectivity index (χ4n) is 2.36. The van der Waals surface area contributed by atoms with E-state index in [0.717, 1.165) is 11.4 Å². The molecule has 0 atom stereocenters. The summed E-state index contributed by atoms with van der Waals surface area (Å²) in [6, 6.07) is 7.56. The zero-order valence-corrected chi connectivity index (χ0v) is 11.3. The molecular weight excluding hydrogens is 240 g/mol. The smallest absolute Gasteiger partial charge is 0.121 e. The molecule has 1 aliphatic rings. The van der Waals surface area contributed by atoms with Gasteiger partial charge in [-0.05, 0) is 25.0 Å². The minimum atomic E-state index is 0.433. The van der Waals surface area contributed by atoms with Gasteiger partial charge in [-0.3, -0.25) is 0 Å². The van der Waals surface area contributed by atoms with Crippen LogP contribution in [0.15, 0.2) is 18.2 Å². The normalized spacial score (nSPS) is 15.2. The monoisotopic (exact) mass is 260 g/mol. The van der Waals surface area contributed by atoms with Crippen LogP contribution in [0.25, 0.3) is 0 Å². The number of nitriles is 1. The molecule has 1 N–H and O–H groups in total. The summed E-state index contributed by atoms with van der Waals surface area (Å²) >= 11 is 0. The van der Waals surface area contributed by atoms with Gasteiger partial charge in [0, 0.05) is 12.6 Å². The predicted octanol–water partition coefficient (Wildman–Crippen LogP) is 2.94. The number of methoxy groups -OCH3 is 1. The Morgan fingerprint density at radius 2 is 2.16 bits per heavy atom. The number of hydrogen-bond acceptors (Lipinski definition) is 4. The van der Waals surface area contributed by atoms with Crippen molar-refractivity contribution in [1.29, 1.82) is 5.26 Å². The van der Waals surface area contributed by atoms with Gasteiger partial charge in [-0.25, -0.2) is 0 Å². The van der Waals surface area contributed by atoms with Crippen LogP contribution in [0.5, 0.6) is 5.75 Å². The Morgan fingerprint density at radius 1 is 1.37 bits per heavy atom. The molecule has 102 valence electrons. The van der Waals surface area contributed by atoms with E-state index in [1.54, 1.807) is 19.2 Å². The van der Waals surface area contributed by atoms with Crippen LogP contribution in [-0.2, 0) is 4.74 Å². The van der Waals surface area contributed by atoms with E-state index in [9.17, 15) is 0 Å². The average molecular weight is 260 g/mol. The van der Waals surface area contributed by atoms with E-state index in [4.69, 9.17) is 14.7 Å². The second-order valence-electron chi connectivity index (χ2n) is 4.73. The van der Waals surface area contributed by atoms with Gasteiger partial charge in [-0.2, -0.15) is 5.26 Å². The largest absolute Gasteiger partial charge is 0.497 e. The molecule has 0 saturated heterocycles. The van der Waals surface area contributed by atoms with Gasteiger partial charge in [0.1, 0.15) is 11.8 Å². The van der Waals surface area contributed by atoms with Crippen molar-refractivity contribution < 1.29 is 9.47 Å². The van der Waals surface area contributed by atoms with Gasteiger partial charge < -0.3 is 14.8 Å². The van der Waals surface area contributed by atoms with Crippen molar-refractivity contribution in [3.63, 3.8) is 0 Å². The van der Waals surface area contributed by atoms with E-state index in [2.05, 4.69) is 11.4 Å². The van der Waals surface area contributed by atoms with Crippen LogP contribution in [0.2, 0.25) is 0 Å². The lowest BCUT2D eigenvalue weighted by atomic mass is 10.2. The van der Waals surface area contributed by atoms with Crippen molar-refractivity contribution in [2.75, 3.05) is 25.6 Å². The van der Waals surface area contributed by atoms with Gasteiger partial charge in [0.2, 0.25) is 0 Å². The third-order valence-electron chi connectivity index (χ3n) is 3.42. The van der Waals surface area contributed by atoms with Crippen molar-refractivity contribution in [1.82, 2.24) is 0 Å².